The molecule has 20 heavy (non-hydrogen) atoms. The first-order chi connectivity index (χ1) is 9.74. The number of anilines is 1. The van der Waals surface area contributed by atoms with Crippen LogP contribution in [0.3, 0.4) is 0 Å². The maximum atomic E-state index is 5.40. The van der Waals surface area contributed by atoms with Crippen LogP contribution in [0.25, 0.3) is 0 Å². The maximum absolute atomic E-state index is 5.40. The molecule has 1 fully saturated rings. The molecule has 0 bridgehead atoms. The summed E-state index contributed by atoms with van der Waals surface area (Å²) in [4.78, 5) is 15.3. The molecule has 3 heterocycles. The highest BCUT2D eigenvalue weighted by atomic mass is 16.5. The Kier molecular flexibility index (Phi) is 3.62. The second kappa shape index (κ2) is 5.56. The van der Waals surface area contributed by atoms with Crippen molar-refractivity contribution in [3.05, 3.63) is 30.2 Å². The van der Waals surface area contributed by atoms with E-state index in [2.05, 4.69) is 38.9 Å². The largest absolute Gasteiger partial charge is 0.341 e. The smallest absolute Gasteiger partial charge is 0.229 e. The van der Waals surface area contributed by atoms with Crippen LogP contribution < -0.4 is 4.90 Å². The summed E-state index contributed by atoms with van der Waals surface area (Å²) in [5.74, 6) is 3.05. The number of rotatable bonds is 3. The van der Waals surface area contributed by atoms with E-state index < -0.39 is 0 Å². The average molecular weight is 273 g/mol. The van der Waals surface area contributed by atoms with Gasteiger partial charge in [-0.05, 0) is 18.9 Å². The molecule has 0 unspecified atom stereocenters. The Morgan fingerprint density at radius 2 is 1.90 bits per heavy atom. The summed E-state index contributed by atoms with van der Waals surface area (Å²) in [6.45, 7) is 6.00. The van der Waals surface area contributed by atoms with Crippen LogP contribution in [-0.4, -0.2) is 33.2 Å². The zero-order chi connectivity index (χ0) is 13.9. The molecule has 0 amide bonds. The Balaban J connectivity index is 1.63. The van der Waals surface area contributed by atoms with Crippen molar-refractivity contribution in [3.8, 4) is 0 Å². The average Bonchev–Trinajstić information content (AvgIpc) is 2.98. The van der Waals surface area contributed by atoms with Gasteiger partial charge < -0.3 is 9.42 Å². The Labute approximate surface area is 118 Å². The van der Waals surface area contributed by atoms with E-state index in [-0.39, 0.29) is 0 Å². The SMILES string of the molecule is CC(C)c1noc(C2CCN(c3ncccn3)CC2)n1. The second-order valence-electron chi connectivity index (χ2n) is 5.46. The fraction of sp³-hybridized carbons (Fsp3) is 0.571. The first kappa shape index (κ1) is 13.0. The molecule has 0 saturated carbocycles. The van der Waals surface area contributed by atoms with Crippen LogP contribution >= 0.6 is 0 Å². The highest BCUT2D eigenvalue weighted by Gasteiger charge is 2.26. The van der Waals surface area contributed by atoms with Gasteiger partial charge in [0.2, 0.25) is 11.8 Å². The van der Waals surface area contributed by atoms with Gasteiger partial charge in [-0.1, -0.05) is 19.0 Å². The minimum atomic E-state index is 0.310. The summed E-state index contributed by atoms with van der Waals surface area (Å²) >= 11 is 0. The van der Waals surface area contributed by atoms with Crippen LogP contribution in [0.4, 0.5) is 5.95 Å². The van der Waals surface area contributed by atoms with Gasteiger partial charge in [0.1, 0.15) is 0 Å². The second-order valence-corrected chi connectivity index (χ2v) is 5.46. The van der Waals surface area contributed by atoms with Gasteiger partial charge in [0, 0.05) is 37.3 Å². The van der Waals surface area contributed by atoms with Crippen LogP contribution in [0.15, 0.2) is 23.0 Å². The van der Waals surface area contributed by atoms with Gasteiger partial charge in [0.25, 0.3) is 0 Å². The Hall–Kier alpha value is -1.98. The van der Waals surface area contributed by atoms with Gasteiger partial charge in [-0.15, -0.1) is 0 Å². The molecule has 1 aliphatic rings. The highest BCUT2D eigenvalue weighted by Crippen LogP contribution is 2.28. The van der Waals surface area contributed by atoms with E-state index in [1.54, 1.807) is 12.4 Å². The Morgan fingerprint density at radius 3 is 2.50 bits per heavy atom. The molecule has 106 valence electrons. The molecule has 1 aliphatic heterocycles. The van der Waals surface area contributed by atoms with Gasteiger partial charge in [-0.25, -0.2) is 9.97 Å². The third-order valence-corrected chi connectivity index (χ3v) is 3.65. The first-order valence-electron chi connectivity index (χ1n) is 7.09. The van der Waals surface area contributed by atoms with Crippen molar-refractivity contribution < 1.29 is 4.52 Å². The molecule has 0 atom stereocenters. The molecule has 2 aromatic rings. The molecule has 0 aliphatic carbocycles. The van der Waals surface area contributed by atoms with Crippen LogP contribution in [-0.2, 0) is 0 Å². The van der Waals surface area contributed by atoms with E-state index in [1.807, 2.05) is 6.07 Å². The maximum Gasteiger partial charge on any atom is 0.229 e. The summed E-state index contributed by atoms with van der Waals surface area (Å²) in [7, 11) is 0. The zero-order valence-electron chi connectivity index (χ0n) is 11.9. The topological polar surface area (TPSA) is 67.9 Å². The summed E-state index contributed by atoms with van der Waals surface area (Å²) < 4.78 is 5.40. The van der Waals surface area contributed by atoms with Gasteiger partial charge in [0.15, 0.2) is 5.82 Å². The molecule has 6 heteroatoms. The van der Waals surface area contributed by atoms with Crippen LogP contribution in [0.1, 0.15) is 50.2 Å². The Bertz CT molecular complexity index is 546. The molecule has 3 rings (SSSR count). The predicted molar refractivity (Wildman–Crippen MR) is 74.6 cm³/mol. The fourth-order valence-corrected chi connectivity index (χ4v) is 2.43. The fourth-order valence-electron chi connectivity index (χ4n) is 2.43. The van der Waals surface area contributed by atoms with Crippen molar-refractivity contribution in [2.75, 3.05) is 18.0 Å². The van der Waals surface area contributed by atoms with E-state index in [0.717, 1.165) is 43.6 Å². The summed E-state index contributed by atoms with van der Waals surface area (Å²) in [5.41, 5.74) is 0. The first-order valence-corrected chi connectivity index (χ1v) is 7.09. The van der Waals surface area contributed by atoms with Crippen molar-refractivity contribution in [2.45, 2.75) is 38.5 Å². The van der Waals surface area contributed by atoms with Crippen molar-refractivity contribution in [3.63, 3.8) is 0 Å². The molecule has 0 spiro atoms. The van der Waals surface area contributed by atoms with Crippen LogP contribution in [0.2, 0.25) is 0 Å². The van der Waals surface area contributed by atoms with E-state index in [9.17, 15) is 0 Å². The number of nitrogens with zero attached hydrogens (tertiary/aromatic N) is 5. The van der Waals surface area contributed by atoms with Gasteiger partial charge in [0.05, 0.1) is 0 Å². The summed E-state index contributed by atoms with van der Waals surface area (Å²) in [6, 6.07) is 1.84. The predicted octanol–water partition coefficient (Wildman–Crippen LogP) is 2.37. The van der Waals surface area contributed by atoms with Crippen LogP contribution in [0, 0.1) is 0 Å². The molecular weight excluding hydrogens is 254 g/mol. The van der Waals surface area contributed by atoms with E-state index >= 15 is 0 Å². The van der Waals surface area contributed by atoms with Gasteiger partial charge in [-0.2, -0.15) is 4.98 Å². The number of aromatic nitrogens is 4. The number of hydrogen-bond acceptors (Lipinski definition) is 6. The quantitative estimate of drug-likeness (QED) is 0.855. The molecule has 0 aromatic carbocycles. The zero-order valence-corrected chi connectivity index (χ0v) is 11.9. The van der Waals surface area contributed by atoms with E-state index in [0.29, 0.717) is 11.8 Å². The molecular formula is C14H19N5O. The van der Waals surface area contributed by atoms with Crippen molar-refractivity contribution in [1.82, 2.24) is 20.1 Å². The molecule has 0 radical (unpaired) electrons. The van der Waals surface area contributed by atoms with Crippen LogP contribution in [0.5, 0.6) is 0 Å². The van der Waals surface area contributed by atoms with Gasteiger partial charge in [-0.3, -0.25) is 0 Å². The van der Waals surface area contributed by atoms with E-state index in [1.165, 1.54) is 0 Å². The lowest BCUT2D eigenvalue weighted by Gasteiger charge is -2.30. The minimum Gasteiger partial charge on any atom is -0.341 e. The summed E-state index contributed by atoms with van der Waals surface area (Å²) in [6.07, 6.45) is 5.55. The number of hydrogen-bond donors (Lipinski definition) is 0. The Morgan fingerprint density at radius 1 is 1.20 bits per heavy atom. The molecule has 1 saturated heterocycles. The van der Waals surface area contributed by atoms with Gasteiger partial charge >= 0.3 is 0 Å². The molecule has 6 nitrogen and oxygen atoms in total. The molecule has 0 N–H and O–H groups in total. The third kappa shape index (κ3) is 2.64. The third-order valence-electron chi connectivity index (χ3n) is 3.65. The standard InChI is InChI=1S/C14H19N5O/c1-10(2)12-17-13(20-18-12)11-4-8-19(9-5-11)14-15-6-3-7-16-14/h3,6-7,10-11H,4-5,8-9H2,1-2H3. The van der Waals surface area contributed by atoms with E-state index in [4.69, 9.17) is 4.52 Å². The minimum absolute atomic E-state index is 0.310. The normalized spacial score (nSPS) is 16.9. The molecule has 2 aromatic heterocycles. The van der Waals surface area contributed by atoms with Crippen molar-refractivity contribution in [1.29, 1.82) is 0 Å². The van der Waals surface area contributed by atoms with Crippen molar-refractivity contribution in [2.24, 2.45) is 0 Å². The highest BCUT2D eigenvalue weighted by molar-refractivity contribution is 5.29. The lowest BCUT2D eigenvalue weighted by atomic mass is 9.97. The lowest BCUT2D eigenvalue weighted by molar-refractivity contribution is 0.325. The monoisotopic (exact) mass is 273 g/mol. The number of piperidine rings is 1. The lowest BCUT2D eigenvalue weighted by Crippen LogP contribution is -2.34. The van der Waals surface area contributed by atoms with Crippen molar-refractivity contribution >= 4 is 5.95 Å². The summed E-state index contributed by atoms with van der Waals surface area (Å²) in [5, 5.41) is 4.04.